The smallest absolute Gasteiger partial charge is 0.319 e. The lowest BCUT2D eigenvalue weighted by Gasteiger charge is -2.26. The summed E-state index contributed by atoms with van der Waals surface area (Å²) in [6.07, 6.45) is 0.708. The number of methoxy groups -OCH3 is 1. The highest BCUT2D eigenvalue weighted by Crippen LogP contribution is 2.28. The van der Waals surface area contributed by atoms with Gasteiger partial charge in [0.15, 0.2) is 0 Å². The Balaban J connectivity index is 1.61. The van der Waals surface area contributed by atoms with Crippen molar-refractivity contribution in [3.05, 3.63) is 52.0 Å². The van der Waals surface area contributed by atoms with E-state index in [2.05, 4.69) is 26.6 Å². The van der Waals surface area contributed by atoms with E-state index < -0.39 is 0 Å². The summed E-state index contributed by atoms with van der Waals surface area (Å²) >= 11 is 3.45. The summed E-state index contributed by atoms with van der Waals surface area (Å²) in [6, 6.07) is 11.1. The van der Waals surface area contributed by atoms with Crippen LogP contribution in [0.3, 0.4) is 0 Å². The van der Waals surface area contributed by atoms with Gasteiger partial charge in [0, 0.05) is 10.2 Å². The van der Waals surface area contributed by atoms with E-state index in [1.165, 1.54) is 0 Å². The molecule has 1 heterocycles. The highest BCUT2D eigenvalue weighted by molar-refractivity contribution is 9.10. The molecule has 1 aliphatic heterocycles. The molecule has 0 aliphatic carbocycles. The normalized spacial score (nSPS) is 15.9. The summed E-state index contributed by atoms with van der Waals surface area (Å²) in [5, 5.41) is 5.80. The van der Waals surface area contributed by atoms with Gasteiger partial charge in [-0.05, 0) is 60.9 Å². The summed E-state index contributed by atoms with van der Waals surface area (Å²) in [6.45, 7) is 2.43. The number of fused-ring (bicyclic) bond motifs is 1. The van der Waals surface area contributed by atoms with Crippen LogP contribution in [0.1, 0.15) is 11.1 Å². The molecule has 0 saturated carbocycles. The zero-order valence-corrected chi connectivity index (χ0v) is 15.1. The van der Waals surface area contributed by atoms with Gasteiger partial charge in [-0.3, -0.25) is 0 Å². The fourth-order valence-corrected chi connectivity index (χ4v) is 2.91. The number of rotatable bonds is 3. The summed E-state index contributed by atoms with van der Waals surface area (Å²) in [4.78, 5) is 12.2. The Kier molecular flexibility index (Phi) is 4.94. The first-order chi connectivity index (χ1) is 11.5. The second-order valence-electron chi connectivity index (χ2n) is 5.75. The van der Waals surface area contributed by atoms with Crippen molar-refractivity contribution in [2.24, 2.45) is 0 Å². The number of benzene rings is 2. The molecular weight excluding hydrogens is 372 g/mol. The predicted molar refractivity (Wildman–Crippen MR) is 97.0 cm³/mol. The largest absolute Gasteiger partial charge is 0.497 e. The van der Waals surface area contributed by atoms with E-state index in [0.29, 0.717) is 13.0 Å². The van der Waals surface area contributed by atoms with Crippen molar-refractivity contribution in [1.29, 1.82) is 0 Å². The van der Waals surface area contributed by atoms with Gasteiger partial charge in [-0.2, -0.15) is 0 Å². The van der Waals surface area contributed by atoms with Crippen LogP contribution in [0.5, 0.6) is 11.5 Å². The highest BCUT2D eigenvalue weighted by Gasteiger charge is 2.22. The number of urea groups is 1. The monoisotopic (exact) mass is 390 g/mol. The summed E-state index contributed by atoms with van der Waals surface area (Å²) in [5.41, 5.74) is 2.85. The lowest BCUT2D eigenvalue weighted by molar-refractivity contribution is 0.222. The number of halogens is 1. The van der Waals surface area contributed by atoms with Crippen LogP contribution in [0.25, 0.3) is 0 Å². The Morgan fingerprint density at radius 2 is 2.12 bits per heavy atom. The fourth-order valence-electron chi connectivity index (χ4n) is 2.67. The number of hydrogen-bond acceptors (Lipinski definition) is 3. The molecule has 126 valence electrons. The van der Waals surface area contributed by atoms with E-state index in [-0.39, 0.29) is 12.1 Å². The van der Waals surface area contributed by atoms with E-state index in [9.17, 15) is 4.79 Å². The van der Waals surface area contributed by atoms with Gasteiger partial charge in [-0.1, -0.05) is 15.9 Å². The molecule has 0 radical (unpaired) electrons. The topological polar surface area (TPSA) is 59.6 Å². The first kappa shape index (κ1) is 16.6. The number of hydrogen-bond donors (Lipinski definition) is 2. The average molecular weight is 391 g/mol. The fraction of sp³-hybridized carbons (Fsp3) is 0.278. The molecule has 0 unspecified atom stereocenters. The molecule has 5 nitrogen and oxygen atoms in total. The molecular formula is C18H19BrN2O3. The molecule has 0 fully saturated rings. The second kappa shape index (κ2) is 7.13. The van der Waals surface area contributed by atoms with Gasteiger partial charge < -0.3 is 20.1 Å². The van der Waals surface area contributed by atoms with Crippen LogP contribution >= 0.6 is 15.9 Å². The van der Waals surface area contributed by atoms with Crippen LogP contribution in [0.15, 0.2) is 40.9 Å². The maximum Gasteiger partial charge on any atom is 0.319 e. The van der Waals surface area contributed by atoms with Gasteiger partial charge in [-0.25, -0.2) is 4.79 Å². The number of carbonyl (C=O) groups is 1. The molecule has 0 saturated heterocycles. The van der Waals surface area contributed by atoms with Gasteiger partial charge in [0.2, 0.25) is 0 Å². The maximum absolute atomic E-state index is 12.2. The van der Waals surface area contributed by atoms with E-state index in [0.717, 1.165) is 32.8 Å². The van der Waals surface area contributed by atoms with Crippen LogP contribution in [0.4, 0.5) is 10.5 Å². The number of nitrogens with one attached hydrogen (secondary N) is 2. The van der Waals surface area contributed by atoms with E-state index in [4.69, 9.17) is 9.47 Å². The Hall–Kier alpha value is -2.21. The van der Waals surface area contributed by atoms with E-state index in [1.54, 1.807) is 7.11 Å². The molecule has 2 aromatic rings. The summed E-state index contributed by atoms with van der Waals surface area (Å²) in [5.74, 6) is 1.63. The molecule has 2 amide bonds. The number of aryl methyl sites for hydroxylation is 1. The van der Waals surface area contributed by atoms with Crippen LogP contribution in [0, 0.1) is 6.92 Å². The van der Waals surface area contributed by atoms with Crippen molar-refractivity contribution >= 4 is 27.6 Å². The Morgan fingerprint density at radius 3 is 2.88 bits per heavy atom. The second-order valence-corrected chi connectivity index (χ2v) is 6.60. The minimum atomic E-state index is -0.239. The predicted octanol–water partition coefficient (Wildman–Crippen LogP) is 3.89. The Morgan fingerprint density at radius 1 is 1.29 bits per heavy atom. The van der Waals surface area contributed by atoms with Crippen LogP contribution in [-0.2, 0) is 6.42 Å². The summed E-state index contributed by atoms with van der Waals surface area (Å²) < 4.78 is 12.0. The molecule has 0 spiro atoms. The number of ether oxygens (including phenoxy) is 2. The minimum absolute atomic E-state index is 0.0823. The third-order valence-electron chi connectivity index (χ3n) is 3.93. The molecule has 2 aromatic carbocycles. The standard InChI is InChI=1S/C18H19BrN2O3/c1-11-7-13(3-5-16(11)19)20-18(22)21-14-8-12-9-15(23-2)4-6-17(12)24-10-14/h3-7,9,14H,8,10H2,1-2H3,(H2,20,21,22)/t14-/m0/s1. The van der Waals surface area contributed by atoms with Crippen LogP contribution in [0.2, 0.25) is 0 Å². The van der Waals surface area contributed by atoms with Gasteiger partial charge in [-0.15, -0.1) is 0 Å². The third-order valence-corrected chi connectivity index (χ3v) is 4.81. The van der Waals surface area contributed by atoms with Crippen molar-refractivity contribution < 1.29 is 14.3 Å². The molecule has 1 aliphatic rings. The molecule has 0 bridgehead atoms. The zero-order valence-electron chi connectivity index (χ0n) is 13.6. The van der Waals surface area contributed by atoms with Gasteiger partial charge >= 0.3 is 6.03 Å². The van der Waals surface area contributed by atoms with Crippen molar-refractivity contribution in [1.82, 2.24) is 5.32 Å². The van der Waals surface area contributed by atoms with Crippen molar-refractivity contribution in [2.75, 3.05) is 19.0 Å². The maximum atomic E-state index is 12.2. The van der Waals surface area contributed by atoms with E-state index >= 15 is 0 Å². The Labute approximate surface area is 149 Å². The first-order valence-electron chi connectivity index (χ1n) is 7.68. The van der Waals surface area contributed by atoms with Crippen LogP contribution < -0.4 is 20.1 Å². The number of carbonyl (C=O) groups excluding carboxylic acids is 1. The summed E-state index contributed by atoms with van der Waals surface area (Å²) in [7, 11) is 1.63. The minimum Gasteiger partial charge on any atom is -0.497 e. The van der Waals surface area contributed by atoms with Crippen LogP contribution in [-0.4, -0.2) is 25.8 Å². The highest BCUT2D eigenvalue weighted by atomic mass is 79.9. The molecule has 6 heteroatoms. The van der Waals surface area contributed by atoms with Crippen molar-refractivity contribution in [3.63, 3.8) is 0 Å². The third kappa shape index (κ3) is 3.82. The quantitative estimate of drug-likeness (QED) is 0.835. The first-order valence-corrected chi connectivity index (χ1v) is 8.48. The molecule has 3 rings (SSSR count). The zero-order chi connectivity index (χ0) is 17.1. The average Bonchev–Trinajstić information content (AvgIpc) is 2.57. The molecule has 0 aromatic heterocycles. The Bertz CT molecular complexity index is 764. The number of anilines is 1. The van der Waals surface area contributed by atoms with Crippen molar-refractivity contribution in [2.45, 2.75) is 19.4 Å². The van der Waals surface area contributed by atoms with Gasteiger partial charge in [0.05, 0.1) is 13.2 Å². The lowest BCUT2D eigenvalue weighted by atomic mass is 10.0. The number of amides is 2. The van der Waals surface area contributed by atoms with Gasteiger partial charge in [0.1, 0.15) is 18.1 Å². The SMILES string of the molecule is COc1ccc2c(c1)C[C@H](NC(=O)Nc1ccc(Br)c(C)c1)CO2. The molecule has 24 heavy (non-hydrogen) atoms. The van der Waals surface area contributed by atoms with Crippen molar-refractivity contribution in [3.8, 4) is 11.5 Å². The molecule has 2 N–H and O–H groups in total. The van der Waals surface area contributed by atoms with E-state index in [1.807, 2.05) is 43.3 Å². The molecule has 1 atom stereocenters. The lowest BCUT2D eigenvalue weighted by Crippen LogP contribution is -2.44. The van der Waals surface area contributed by atoms with Gasteiger partial charge in [0.25, 0.3) is 0 Å².